The molecule has 13 heteroatoms. The van der Waals surface area contributed by atoms with Crippen molar-refractivity contribution >= 4 is 28.4 Å². The lowest BCUT2D eigenvalue weighted by molar-refractivity contribution is 0.0122. The van der Waals surface area contributed by atoms with E-state index < -0.39 is 11.8 Å². The summed E-state index contributed by atoms with van der Waals surface area (Å²) in [5.74, 6) is 1.25. The Morgan fingerprint density at radius 1 is 1.04 bits per heavy atom. The number of amides is 1. The second-order valence-electron chi connectivity index (χ2n) is 16.4. The van der Waals surface area contributed by atoms with Crippen LogP contribution in [-0.4, -0.2) is 108 Å². The summed E-state index contributed by atoms with van der Waals surface area (Å²) in [4.78, 5) is 32.2. The molecule has 5 aliphatic rings. The maximum absolute atomic E-state index is 15.3. The number of ether oxygens (including phenoxy) is 4. The van der Waals surface area contributed by atoms with E-state index in [1.54, 1.807) is 13.2 Å². The topological polar surface area (TPSA) is 92.7 Å². The van der Waals surface area contributed by atoms with Gasteiger partial charge in [-0.2, -0.15) is 9.97 Å². The number of aromatic nitrogens is 2. The van der Waals surface area contributed by atoms with E-state index in [2.05, 4.69) is 14.7 Å². The maximum Gasteiger partial charge on any atom is 0.410 e. The number of methoxy groups -OCH3 is 1. The van der Waals surface area contributed by atoms with E-state index in [-0.39, 0.29) is 42.3 Å². The van der Waals surface area contributed by atoms with Gasteiger partial charge < -0.3 is 28.7 Å². The number of carbonyl (C=O) groups is 1. The first-order chi connectivity index (χ1) is 25.4. The zero-order valence-electron chi connectivity index (χ0n) is 31.6. The van der Waals surface area contributed by atoms with Gasteiger partial charge in [-0.25, -0.2) is 13.6 Å². The summed E-state index contributed by atoms with van der Waals surface area (Å²) in [6.45, 7) is 11.8. The average molecular weight is 735 g/mol. The highest BCUT2D eigenvalue weighted by Gasteiger charge is 2.50. The SMILES string of the molecule is CCc1c(F)ccc2cc(OCOC)cc(N3CCc4c(nc(OC[C@@]56CCCN5C[C@H](F)C6)nc4N4C[C@H]5CC[C@@H](C4)N5C(=O)OC(C)(C)C)C3)c12. The molecule has 1 amide bonds. The van der Waals surface area contributed by atoms with Gasteiger partial charge in [-0.3, -0.25) is 9.80 Å². The molecule has 2 bridgehead atoms. The lowest BCUT2D eigenvalue weighted by Gasteiger charge is -2.43. The van der Waals surface area contributed by atoms with Gasteiger partial charge in [-0.1, -0.05) is 13.0 Å². The van der Waals surface area contributed by atoms with Gasteiger partial charge in [0.1, 0.15) is 35.8 Å². The Hall–Kier alpha value is -3.97. The molecule has 5 aliphatic heterocycles. The first kappa shape index (κ1) is 36.0. The van der Waals surface area contributed by atoms with Crippen molar-refractivity contribution in [1.29, 1.82) is 0 Å². The number of rotatable bonds is 9. The Kier molecular flexibility index (Phi) is 9.53. The highest BCUT2D eigenvalue weighted by Crippen LogP contribution is 2.43. The third kappa shape index (κ3) is 6.83. The summed E-state index contributed by atoms with van der Waals surface area (Å²) < 4.78 is 53.4. The van der Waals surface area contributed by atoms with Crippen molar-refractivity contribution < 1.29 is 32.5 Å². The Morgan fingerprint density at radius 3 is 2.57 bits per heavy atom. The van der Waals surface area contributed by atoms with Crippen LogP contribution in [0.4, 0.5) is 25.1 Å². The minimum absolute atomic E-state index is 0.00755. The molecule has 8 rings (SSSR count). The number of alkyl halides is 1. The van der Waals surface area contributed by atoms with E-state index in [1.165, 1.54) is 6.07 Å². The number of benzene rings is 2. The number of aryl methyl sites for hydroxylation is 1. The highest BCUT2D eigenvalue weighted by molar-refractivity contribution is 5.98. The molecular formula is C40H52F2N6O5. The monoisotopic (exact) mass is 734 g/mol. The molecule has 2 aromatic carbocycles. The van der Waals surface area contributed by atoms with Gasteiger partial charge in [0, 0.05) is 62.4 Å². The largest absolute Gasteiger partial charge is 0.467 e. The van der Waals surface area contributed by atoms with Gasteiger partial charge >= 0.3 is 12.1 Å². The number of carbonyl (C=O) groups excluding carboxylic acids is 1. The molecule has 3 aromatic rings. The van der Waals surface area contributed by atoms with Crippen molar-refractivity contribution in [3.05, 3.63) is 46.9 Å². The first-order valence-electron chi connectivity index (χ1n) is 19.2. The molecule has 4 saturated heterocycles. The van der Waals surface area contributed by atoms with Crippen molar-refractivity contribution in [2.75, 3.05) is 63.0 Å². The fourth-order valence-corrected chi connectivity index (χ4v) is 9.53. The number of halogens is 2. The lowest BCUT2D eigenvalue weighted by atomic mass is 9.95. The van der Waals surface area contributed by atoms with Crippen LogP contribution < -0.4 is 19.3 Å². The minimum atomic E-state index is -0.861. The van der Waals surface area contributed by atoms with Crippen LogP contribution in [0.1, 0.15) is 76.6 Å². The molecule has 0 saturated carbocycles. The quantitative estimate of drug-likeness (QED) is 0.230. The van der Waals surface area contributed by atoms with E-state index in [9.17, 15) is 9.18 Å². The van der Waals surface area contributed by atoms with Gasteiger partial charge in [-0.15, -0.1) is 0 Å². The Balaban J connectivity index is 1.15. The summed E-state index contributed by atoms with van der Waals surface area (Å²) in [6, 6.07) is 7.53. The normalized spacial score (nSPS) is 25.6. The van der Waals surface area contributed by atoms with Crippen LogP contribution in [0.2, 0.25) is 0 Å². The Bertz CT molecular complexity index is 1860. The third-order valence-corrected chi connectivity index (χ3v) is 11.8. The van der Waals surface area contributed by atoms with Gasteiger partial charge in [0.05, 0.1) is 29.9 Å². The molecule has 286 valence electrons. The van der Waals surface area contributed by atoms with Crippen LogP contribution in [0.15, 0.2) is 24.3 Å². The molecule has 0 unspecified atom stereocenters. The van der Waals surface area contributed by atoms with Crippen molar-refractivity contribution in [1.82, 2.24) is 19.8 Å². The van der Waals surface area contributed by atoms with Crippen molar-refractivity contribution in [3.8, 4) is 11.8 Å². The van der Waals surface area contributed by atoms with Gasteiger partial charge in [-0.05, 0) is 88.9 Å². The van der Waals surface area contributed by atoms with Crippen LogP contribution in [0, 0.1) is 5.82 Å². The highest BCUT2D eigenvalue weighted by atomic mass is 19.1. The molecule has 4 atom stereocenters. The summed E-state index contributed by atoms with van der Waals surface area (Å²) in [6.07, 6.45) is 4.25. The predicted molar refractivity (Wildman–Crippen MR) is 198 cm³/mol. The zero-order chi connectivity index (χ0) is 37.1. The average Bonchev–Trinajstić information content (AvgIpc) is 3.74. The smallest absolute Gasteiger partial charge is 0.410 e. The number of hydrogen-bond acceptors (Lipinski definition) is 10. The number of hydrogen-bond donors (Lipinski definition) is 0. The summed E-state index contributed by atoms with van der Waals surface area (Å²) in [5, 5.41) is 1.76. The van der Waals surface area contributed by atoms with E-state index >= 15 is 4.39 Å². The van der Waals surface area contributed by atoms with E-state index in [0.717, 1.165) is 65.8 Å². The van der Waals surface area contributed by atoms with Crippen LogP contribution in [0.5, 0.6) is 11.8 Å². The second-order valence-corrected chi connectivity index (χ2v) is 16.4. The molecule has 0 N–H and O–H groups in total. The minimum Gasteiger partial charge on any atom is -0.467 e. The maximum atomic E-state index is 15.3. The number of anilines is 2. The number of nitrogens with zero attached hydrogens (tertiary/aromatic N) is 6. The molecule has 0 aliphatic carbocycles. The lowest BCUT2D eigenvalue weighted by Crippen LogP contribution is -2.57. The molecule has 53 heavy (non-hydrogen) atoms. The molecule has 11 nitrogen and oxygen atoms in total. The molecular weight excluding hydrogens is 682 g/mol. The van der Waals surface area contributed by atoms with Gasteiger partial charge in [0.25, 0.3) is 0 Å². The fourth-order valence-electron chi connectivity index (χ4n) is 9.53. The molecule has 0 radical (unpaired) electrons. The van der Waals surface area contributed by atoms with Crippen molar-refractivity contribution in [2.45, 2.75) is 109 Å². The third-order valence-electron chi connectivity index (χ3n) is 11.8. The number of fused-ring (bicyclic) bond motifs is 5. The number of piperazine rings is 1. The van der Waals surface area contributed by atoms with Crippen molar-refractivity contribution in [2.24, 2.45) is 0 Å². The fraction of sp³-hybridized carbons (Fsp3) is 0.625. The van der Waals surface area contributed by atoms with Crippen LogP contribution in [0.3, 0.4) is 0 Å². The van der Waals surface area contributed by atoms with Crippen LogP contribution in [0.25, 0.3) is 10.8 Å². The standard InChI is InChI=1S/C40H52F2N6O5/c1-6-30-32(42)11-8-25-16-29(52-24-50-5)17-34(35(25)30)45-15-12-31-33(22-45)43-37(51-23-40-13-7-14-47(40)19-26(41)18-40)44-36(31)46-20-27-9-10-28(21-46)48(27)38(49)53-39(2,3)4/h8,11,16-17,26-28H,6-7,9-10,12-15,18-24H2,1-5H3/t26-,27-,28+,40+/m1/s1. The summed E-state index contributed by atoms with van der Waals surface area (Å²) in [5.41, 5.74) is 2.53. The van der Waals surface area contributed by atoms with Crippen LogP contribution >= 0.6 is 0 Å². The molecule has 4 fully saturated rings. The zero-order valence-corrected chi connectivity index (χ0v) is 31.6. The summed E-state index contributed by atoms with van der Waals surface area (Å²) in [7, 11) is 1.58. The van der Waals surface area contributed by atoms with E-state index in [4.69, 9.17) is 28.9 Å². The van der Waals surface area contributed by atoms with E-state index in [1.807, 2.05) is 44.7 Å². The molecule has 6 heterocycles. The van der Waals surface area contributed by atoms with Gasteiger partial charge in [0.15, 0.2) is 6.79 Å². The Labute approximate surface area is 310 Å². The van der Waals surface area contributed by atoms with Crippen LogP contribution in [-0.2, 0) is 28.9 Å². The molecule has 0 spiro atoms. The Morgan fingerprint density at radius 2 is 1.83 bits per heavy atom. The van der Waals surface area contributed by atoms with Gasteiger partial charge in [0.2, 0.25) is 0 Å². The predicted octanol–water partition coefficient (Wildman–Crippen LogP) is 6.42. The van der Waals surface area contributed by atoms with E-state index in [0.29, 0.717) is 69.9 Å². The first-order valence-corrected chi connectivity index (χ1v) is 19.2. The molecule has 1 aromatic heterocycles. The summed E-state index contributed by atoms with van der Waals surface area (Å²) >= 11 is 0. The second kappa shape index (κ2) is 14.0. The van der Waals surface area contributed by atoms with Crippen molar-refractivity contribution in [3.63, 3.8) is 0 Å².